The highest BCUT2D eigenvalue weighted by molar-refractivity contribution is 6.05. The van der Waals surface area contributed by atoms with Gasteiger partial charge in [0.25, 0.3) is 5.91 Å². The number of nitrogens with zero attached hydrogens (tertiary/aromatic N) is 1. The van der Waals surface area contributed by atoms with Crippen LogP contribution in [0, 0.1) is 5.82 Å². The number of fused-ring (bicyclic) bond motifs is 1. The Morgan fingerprint density at radius 3 is 2.66 bits per heavy atom. The maximum Gasteiger partial charge on any atom is 0.417 e. The molecule has 0 spiro atoms. The van der Waals surface area contributed by atoms with Crippen LogP contribution in [0.5, 0.6) is 0 Å². The lowest BCUT2D eigenvalue weighted by Crippen LogP contribution is -2.38. The third-order valence-electron chi connectivity index (χ3n) is 4.86. The van der Waals surface area contributed by atoms with Crippen LogP contribution in [-0.2, 0) is 10.9 Å². The molecule has 1 saturated heterocycles. The summed E-state index contributed by atoms with van der Waals surface area (Å²) in [5, 5.41) is 2.91. The average molecular weight is 407 g/mol. The lowest BCUT2D eigenvalue weighted by atomic mass is 10.1. The van der Waals surface area contributed by atoms with Gasteiger partial charge < -0.3 is 15.0 Å². The molecule has 1 amide bonds. The van der Waals surface area contributed by atoms with E-state index in [2.05, 4.69) is 15.3 Å². The molecule has 5 nitrogen and oxygen atoms in total. The van der Waals surface area contributed by atoms with Gasteiger partial charge in [0.05, 0.1) is 16.6 Å². The van der Waals surface area contributed by atoms with Crippen molar-refractivity contribution in [3.05, 3.63) is 53.3 Å². The first-order valence-electron chi connectivity index (χ1n) is 9.07. The van der Waals surface area contributed by atoms with E-state index in [1.54, 1.807) is 18.2 Å². The lowest BCUT2D eigenvalue weighted by molar-refractivity contribution is -0.137. The maximum atomic E-state index is 13.7. The highest BCUT2D eigenvalue weighted by Gasteiger charge is 2.34. The Kier molecular flexibility index (Phi) is 4.99. The van der Waals surface area contributed by atoms with Crippen LogP contribution in [0.2, 0.25) is 0 Å². The summed E-state index contributed by atoms with van der Waals surface area (Å²) in [7, 11) is 0. The first-order chi connectivity index (χ1) is 13.8. The van der Waals surface area contributed by atoms with Gasteiger partial charge in [-0.3, -0.25) is 4.79 Å². The number of benzene rings is 2. The van der Waals surface area contributed by atoms with Gasteiger partial charge in [0.15, 0.2) is 0 Å². The van der Waals surface area contributed by atoms with E-state index in [0.29, 0.717) is 37.6 Å². The quantitative estimate of drug-likeness (QED) is 0.637. The van der Waals surface area contributed by atoms with Crippen molar-refractivity contribution < 1.29 is 27.1 Å². The number of aromatic nitrogens is 2. The molecule has 2 aromatic carbocycles. The molecule has 1 aliphatic rings. The molecule has 29 heavy (non-hydrogen) atoms. The number of imidazole rings is 1. The average Bonchev–Trinajstić information content (AvgIpc) is 3.12. The second-order valence-corrected chi connectivity index (χ2v) is 6.83. The van der Waals surface area contributed by atoms with E-state index in [-0.39, 0.29) is 28.9 Å². The first kappa shape index (κ1) is 19.4. The van der Waals surface area contributed by atoms with Crippen LogP contribution in [0.1, 0.15) is 28.8 Å². The van der Waals surface area contributed by atoms with Crippen molar-refractivity contribution in [2.45, 2.75) is 25.1 Å². The number of carbonyl (C=O) groups is 1. The summed E-state index contributed by atoms with van der Waals surface area (Å²) in [5.41, 5.74) is -0.571. The molecule has 0 unspecified atom stereocenters. The molecule has 0 bridgehead atoms. The minimum absolute atomic E-state index is 0.0371. The van der Waals surface area contributed by atoms with Crippen LogP contribution in [-0.4, -0.2) is 35.1 Å². The number of hydrogen-bond acceptors (Lipinski definition) is 3. The second kappa shape index (κ2) is 7.47. The first-order valence-corrected chi connectivity index (χ1v) is 9.07. The summed E-state index contributed by atoms with van der Waals surface area (Å²) in [5.74, 6) is -1.33. The van der Waals surface area contributed by atoms with Crippen LogP contribution in [0.15, 0.2) is 36.4 Å². The molecule has 0 atom stereocenters. The maximum absolute atomic E-state index is 13.7. The number of aromatic amines is 1. The Bertz CT molecular complexity index is 1060. The van der Waals surface area contributed by atoms with Crippen molar-refractivity contribution in [1.82, 2.24) is 15.3 Å². The van der Waals surface area contributed by atoms with Crippen LogP contribution in [0.25, 0.3) is 22.4 Å². The number of para-hydroxylation sites is 1. The van der Waals surface area contributed by atoms with Gasteiger partial charge in [-0.15, -0.1) is 0 Å². The van der Waals surface area contributed by atoms with Gasteiger partial charge in [0.2, 0.25) is 0 Å². The Morgan fingerprint density at radius 1 is 1.17 bits per heavy atom. The molecular weight excluding hydrogens is 390 g/mol. The minimum atomic E-state index is -4.68. The monoisotopic (exact) mass is 407 g/mol. The molecule has 4 rings (SSSR count). The number of amides is 1. The fourth-order valence-electron chi connectivity index (χ4n) is 3.41. The number of rotatable bonds is 3. The molecule has 0 aliphatic carbocycles. The van der Waals surface area contributed by atoms with E-state index in [1.807, 2.05) is 0 Å². The Balaban J connectivity index is 1.74. The summed E-state index contributed by atoms with van der Waals surface area (Å²) in [6.45, 7) is 1.11. The number of alkyl halides is 3. The number of halogens is 4. The number of nitrogens with one attached hydrogen (secondary N) is 2. The van der Waals surface area contributed by atoms with Crippen LogP contribution in [0.3, 0.4) is 0 Å². The molecule has 152 valence electrons. The third-order valence-corrected chi connectivity index (χ3v) is 4.86. The zero-order valence-electron chi connectivity index (χ0n) is 15.1. The van der Waals surface area contributed by atoms with Crippen molar-refractivity contribution in [2.24, 2.45) is 0 Å². The van der Waals surface area contributed by atoms with E-state index in [1.165, 1.54) is 0 Å². The zero-order valence-corrected chi connectivity index (χ0v) is 15.1. The minimum Gasteiger partial charge on any atom is -0.381 e. The van der Waals surface area contributed by atoms with Crippen molar-refractivity contribution in [1.29, 1.82) is 0 Å². The summed E-state index contributed by atoms with van der Waals surface area (Å²) in [6, 6.07) is 6.94. The van der Waals surface area contributed by atoms with Gasteiger partial charge in [0.1, 0.15) is 17.2 Å². The van der Waals surface area contributed by atoms with E-state index in [0.717, 1.165) is 12.1 Å². The highest BCUT2D eigenvalue weighted by atomic mass is 19.4. The van der Waals surface area contributed by atoms with Gasteiger partial charge in [0, 0.05) is 24.8 Å². The molecule has 1 fully saturated rings. The molecule has 2 heterocycles. The van der Waals surface area contributed by atoms with Crippen molar-refractivity contribution in [3.8, 4) is 11.4 Å². The highest BCUT2D eigenvalue weighted by Crippen LogP contribution is 2.37. The van der Waals surface area contributed by atoms with E-state index in [4.69, 9.17) is 4.74 Å². The van der Waals surface area contributed by atoms with Crippen LogP contribution in [0.4, 0.5) is 17.6 Å². The molecule has 1 aliphatic heterocycles. The smallest absolute Gasteiger partial charge is 0.381 e. The lowest BCUT2D eigenvalue weighted by Gasteiger charge is -2.23. The van der Waals surface area contributed by atoms with Gasteiger partial charge in [-0.25, -0.2) is 9.37 Å². The normalized spacial score (nSPS) is 15.6. The third kappa shape index (κ3) is 3.95. The molecule has 3 aromatic rings. The van der Waals surface area contributed by atoms with Crippen molar-refractivity contribution in [3.63, 3.8) is 0 Å². The number of carbonyl (C=O) groups excluding carboxylic acids is 1. The van der Waals surface area contributed by atoms with Crippen LogP contribution < -0.4 is 5.32 Å². The van der Waals surface area contributed by atoms with Crippen molar-refractivity contribution >= 4 is 16.9 Å². The second-order valence-electron chi connectivity index (χ2n) is 6.83. The van der Waals surface area contributed by atoms with E-state index >= 15 is 0 Å². The number of hydrogen-bond donors (Lipinski definition) is 2. The van der Waals surface area contributed by atoms with Crippen LogP contribution >= 0.6 is 0 Å². The fourth-order valence-corrected chi connectivity index (χ4v) is 3.41. The summed E-state index contributed by atoms with van der Waals surface area (Å²) in [6.07, 6.45) is -3.30. The Hall–Kier alpha value is -2.94. The van der Waals surface area contributed by atoms with Gasteiger partial charge in [-0.05, 0) is 43.2 Å². The molecule has 0 radical (unpaired) electrons. The van der Waals surface area contributed by atoms with Crippen molar-refractivity contribution in [2.75, 3.05) is 13.2 Å². The predicted molar refractivity (Wildman–Crippen MR) is 97.8 cm³/mol. The summed E-state index contributed by atoms with van der Waals surface area (Å²) < 4.78 is 59.0. The summed E-state index contributed by atoms with van der Waals surface area (Å²) >= 11 is 0. The summed E-state index contributed by atoms with van der Waals surface area (Å²) in [4.78, 5) is 19.7. The SMILES string of the molecule is O=C(NC1CCOCC1)c1cccc2[nH]c(-c3cc(F)ccc3C(F)(F)F)nc12. The molecular formula is C20H17F4N3O2. The van der Waals surface area contributed by atoms with Gasteiger partial charge >= 0.3 is 6.18 Å². The van der Waals surface area contributed by atoms with Gasteiger partial charge in [-0.2, -0.15) is 13.2 Å². The Morgan fingerprint density at radius 2 is 1.93 bits per heavy atom. The zero-order chi connectivity index (χ0) is 20.6. The molecule has 1 aromatic heterocycles. The molecule has 0 saturated carbocycles. The molecule has 2 N–H and O–H groups in total. The Labute approximate surface area is 163 Å². The predicted octanol–water partition coefficient (Wildman–Crippen LogP) is 4.30. The fraction of sp³-hybridized carbons (Fsp3) is 0.300. The standard InChI is InChI=1S/C20H17F4N3O2/c21-11-4-5-15(20(22,23)24)14(10-11)18-26-16-3-1-2-13(17(16)27-18)19(28)25-12-6-8-29-9-7-12/h1-5,10,12H,6-9H2,(H,25,28)(H,26,27). The van der Waals surface area contributed by atoms with E-state index in [9.17, 15) is 22.4 Å². The van der Waals surface area contributed by atoms with E-state index < -0.39 is 23.1 Å². The number of ether oxygens (including phenoxy) is 1. The topological polar surface area (TPSA) is 67.0 Å². The van der Waals surface area contributed by atoms with Gasteiger partial charge in [-0.1, -0.05) is 6.07 Å². The molecule has 9 heteroatoms. The largest absolute Gasteiger partial charge is 0.417 e. The number of H-pyrrole nitrogens is 1.